The third kappa shape index (κ3) is 4.59. The SMILES string of the molecule is CCOC(=O)N1CCN(S(=O)(=O)c2ccc(OCC)cc2OCC)CC1. The molecule has 1 aliphatic rings. The molecule has 146 valence electrons. The molecule has 0 bridgehead atoms. The Hall–Kier alpha value is -2.00. The van der Waals surface area contributed by atoms with E-state index in [0.717, 1.165) is 0 Å². The van der Waals surface area contributed by atoms with Crippen LogP contribution >= 0.6 is 0 Å². The molecule has 1 fully saturated rings. The van der Waals surface area contributed by atoms with Gasteiger partial charge in [0, 0.05) is 32.2 Å². The summed E-state index contributed by atoms with van der Waals surface area (Å²) in [4.78, 5) is 13.4. The fraction of sp³-hybridized carbons (Fsp3) is 0.588. The fourth-order valence-corrected chi connectivity index (χ4v) is 4.23. The number of benzene rings is 1. The Kier molecular flexibility index (Phi) is 7.10. The Morgan fingerprint density at radius 1 is 1.00 bits per heavy atom. The maximum Gasteiger partial charge on any atom is 0.409 e. The number of rotatable bonds is 7. The van der Waals surface area contributed by atoms with Crippen molar-refractivity contribution in [3.8, 4) is 11.5 Å². The second-order valence-corrected chi connectivity index (χ2v) is 7.47. The number of ether oxygens (including phenoxy) is 3. The van der Waals surface area contributed by atoms with Gasteiger partial charge in [-0.05, 0) is 32.9 Å². The average Bonchev–Trinajstić information content (AvgIpc) is 2.62. The van der Waals surface area contributed by atoms with Gasteiger partial charge in [0.2, 0.25) is 10.0 Å². The van der Waals surface area contributed by atoms with Crippen LogP contribution < -0.4 is 9.47 Å². The molecule has 0 aliphatic carbocycles. The first-order valence-corrected chi connectivity index (χ1v) is 10.2. The van der Waals surface area contributed by atoms with Crippen LogP contribution in [-0.4, -0.2) is 69.7 Å². The molecule has 0 N–H and O–H groups in total. The molecule has 26 heavy (non-hydrogen) atoms. The van der Waals surface area contributed by atoms with Crippen molar-refractivity contribution >= 4 is 16.1 Å². The summed E-state index contributed by atoms with van der Waals surface area (Å²) in [6, 6.07) is 4.71. The molecule has 0 radical (unpaired) electrons. The summed E-state index contributed by atoms with van der Waals surface area (Å²) in [6.45, 7) is 7.50. The first-order chi connectivity index (χ1) is 12.4. The molecule has 2 rings (SSSR count). The van der Waals surface area contributed by atoms with Gasteiger partial charge in [0.05, 0.1) is 19.8 Å². The predicted octanol–water partition coefficient (Wildman–Crippen LogP) is 1.95. The zero-order valence-electron chi connectivity index (χ0n) is 15.4. The average molecular weight is 386 g/mol. The van der Waals surface area contributed by atoms with E-state index in [1.807, 2.05) is 6.92 Å². The molecular formula is C17H26N2O6S. The smallest absolute Gasteiger partial charge is 0.409 e. The van der Waals surface area contributed by atoms with Crippen molar-refractivity contribution < 1.29 is 27.4 Å². The van der Waals surface area contributed by atoms with Crippen molar-refractivity contribution in [2.45, 2.75) is 25.7 Å². The van der Waals surface area contributed by atoms with Crippen LogP contribution in [0.15, 0.2) is 23.1 Å². The quantitative estimate of drug-likeness (QED) is 0.712. The van der Waals surface area contributed by atoms with E-state index in [0.29, 0.717) is 38.7 Å². The predicted molar refractivity (Wildman–Crippen MR) is 96.1 cm³/mol. The minimum absolute atomic E-state index is 0.104. The van der Waals surface area contributed by atoms with Crippen LogP contribution in [0, 0.1) is 0 Å². The van der Waals surface area contributed by atoms with Crippen LogP contribution in [0.3, 0.4) is 0 Å². The van der Waals surface area contributed by atoms with E-state index in [-0.39, 0.29) is 23.7 Å². The molecule has 9 heteroatoms. The Labute approximate surface area is 154 Å². The maximum atomic E-state index is 13.0. The third-order valence-corrected chi connectivity index (χ3v) is 5.85. The van der Waals surface area contributed by atoms with E-state index in [2.05, 4.69) is 0 Å². The molecule has 0 saturated carbocycles. The second-order valence-electron chi connectivity index (χ2n) is 5.56. The number of sulfonamides is 1. The lowest BCUT2D eigenvalue weighted by atomic mass is 10.3. The third-order valence-electron chi connectivity index (χ3n) is 3.91. The summed E-state index contributed by atoms with van der Waals surface area (Å²) in [6.07, 6.45) is -0.416. The first-order valence-electron chi connectivity index (χ1n) is 8.75. The van der Waals surface area contributed by atoms with Crippen LogP contribution in [0.5, 0.6) is 11.5 Å². The highest BCUT2D eigenvalue weighted by Gasteiger charge is 2.32. The molecule has 1 heterocycles. The molecule has 0 unspecified atom stereocenters. The molecule has 1 aliphatic heterocycles. The maximum absolute atomic E-state index is 13.0. The molecule has 1 amide bonds. The summed E-state index contributed by atoms with van der Waals surface area (Å²) in [5.41, 5.74) is 0. The standard InChI is InChI=1S/C17H26N2O6S/c1-4-23-14-7-8-16(15(13-14)24-5-2)26(21,22)19-11-9-18(10-12-19)17(20)25-6-3/h7-8,13H,4-6,9-12H2,1-3H3. The Morgan fingerprint density at radius 3 is 2.23 bits per heavy atom. The minimum Gasteiger partial charge on any atom is -0.494 e. The van der Waals surface area contributed by atoms with Gasteiger partial charge in [0.25, 0.3) is 0 Å². The molecule has 1 aromatic carbocycles. The van der Waals surface area contributed by atoms with Gasteiger partial charge < -0.3 is 19.1 Å². The van der Waals surface area contributed by atoms with Gasteiger partial charge in [-0.25, -0.2) is 13.2 Å². The van der Waals surface area contributed by atoms with Gasteiger partial charge in [-0.1, -0.05) is 0 Å². The minimum atomic E-state index is -3.73. The summed E-state index contributed by atoms with van der Waals surface area (Å²) in [5, 5.41) is 0. The summed E-state index contributed by atoms with van der Waals surface area (Å²) < 4.78 is 43.3. The van der Waals surface area contributed by atoms with E-state index < -0.39 is 16.1 Å². The van der Waals surface area contributed by atoms with E-state index in [1.54, 1.807) is 26.0 Å². The number of piperazine rings is 1. The lowest BCUT2D eigenvalue weighted by Crippen LogP contribution is -2.50. The number of carbonyl (C=O) groups is 1. The number of amides is 1. The van der Waals surface area contributed by atoms with Crippen molar-refractivity contribution in [1.82, 2.24) is 9.21 Å². The second kappa shape index (κ2) is 9.09. The highest BCUT2D eigenvalue weighted by atomic mass is 32.2. The Balaban J connectivity index is 2.18. The van der Waals surface area contributed by atoms with E-state index in [4.69, 9.17) is 14.2 Å². The van der Waals surface area contributed by atoms with Crippen LogP contribution in [0.4, 0.5) is 4.79 Å². The zero-order valence-corrected chi connectivity index (χ0v) is 16.3. The molecule has 1 saturated heterocycles. The fourth-order valence-electron chi connectivity index (χ4n) is 2.69. The highest BCUT2D eigenvalue weighted by molar-refractivity contribution is 7.89. The van der Waals surface area contributed by atoms with Gasteiger partial charge in [0.15, 0.2) is 0 Å². The molecule has 8 nitrogen and oxygen atoms in total. The number of hydrogen-bond acceptors (Lipinski definition) is 6. The van der Waals surface area contributed by atoms with E-state index >= 15 is 0 Å². The monoisotopic (exact) mass is 386 g/mol. The topological polar surface area (TPSA) is 85.4 Å². The Morgan fingerprint density at radius 2 is 1.65 bits per heavy atom. The summed E-state index contributed by atoms with van der Waals surface area (Å²) >= 11 is 0. The van der Waals surface area contributed by atoms with Crippen LogP contribution in [0.2, 0.25) is 0 Å². The number of hydrogen-bond donors (Lipinski definition) is 0. The number of carbonyl (C=O) groups excluding carboxylic acids is 1. The van der Waals surface area contributed by atoms with Gasteiger partial charge >= 0.3 is 6.09 Å². The normalized spacial score (nSPS) is 15.6. The van der Waals surface area contributed by atoms with Crippen molar-refractivity contribution in [3.05, 3.63) is 18.2 Å². The van der Waals surface area contributed by atoms with Crippen molar-refractivity contribution in [2.75, 3.05) is 46.0 Å². The van der Waals surface area contributed by atoms with E-state index in [1.165, 1.54) is 15.3 Å². The summed E-state index contributed by atoms with van der Waals surface area (Å²) in [5.74, 6) is 0.827. The molecule has 0 aromatic heterocycles. The van der Waals surface area contributed by atoms with Gasteiger partial charge in [0.1, 0.15) is 16.4 Å². The molecular weight excluding hydrogens is 360 g/mol. The van der Waals surface area contributed by atoms with Crippen LogP contribution in [0.1, 0.15) is 20.8 Å². The van der Waals surface area contributed by atoms with Crippen LogP contribution in [-0.2, 0) is 14.8 Å². The molecule has 0 spiro atoms. The highest BCUT2D eigenvalue weighted by Crippen LogP contribution is 2.31. The lowest BCUT2D eigenvalue weighted by Gasteiger charge is -2.33. The lowest BCUT2D eigenvalue weighted by molar-refractivity contribution is 0.0933. The van der Waals surface area contributed by atoms with Gasteiger partial charge in [-0.3, -0.25) is 0 Å². The number of nitrogens with zero attached hydrogens (tertiary/aromatic N) is 2. The van der Waals surface area contributed by atoms with Gasteiger partial charge in [-0.15, -0.1) is 0 Å². The summed E-state index contributed by atoms with van der Waals surface area (Å²) in [7, 11) is -3.73. The van der Waals surface area contributed by atoms with Crippen LogP contribution in [0.25, 0.3) is 0 Å². The molecule has 1 aromatic rings. The first kappa shape index (κ1) is 20.3. The largest absolute Gasteiger partial charge is 0.494 e. The zero-order chi connectivity index (χ0) is 19.2. The van der Waals surface area contributed by atoms with Crippen molar-refractivity contribution in [2.24, 2.45) is 0 Å². The van der Waals surface area contributed by atoms with Crippen molar-refractivity contribution in [3.63, 3.8) is 0 Å². The molecule has 0 atom stereocenters. The Bertz CT molecular complexity index is 714. The van der Waals surface area contributed by atoms with E-state index in [9.17, 15) is 13.2 Å². The van der Waals surface area contributed by atoms with Crippen molar-refractivity contribution in [1.29, 1.82) is 0 Å². The van der Waals surface area contributed by atoms with Gasteiger partial charge in [-0.2, -0.15) is 4.31 Å².